The van der Waals surface area contributed by atoms with E-state index in [0.717, 1.165) is 18.3 Å². The molecule has 1 amide bonds. The number of amides is 1. The van der Waals surface area contributed by atoms with Crippen molar-refractivity contribution in [2.75, 3.05) is 39.0 Å². The Hall–Kier alpha value is -2.70. The van der Waals surface area contributed by atoms with Gasteiger partial charge in [0.2, 0.25) is 0 Å². The molecule has 2 unspecified atom stereocenters. The fourth-order valence-corrected chi connectivity index (χ4v) is 4.47. The molecule has 33 heavy (non-hydrogen) atoms. The van der Waals surface area contributed by atoms with Gasteiger partial charge in [0, 0.05) is 63.4 Å². The van der Waals surface area contributed by atoms with Crippen LogP contribution in [0.5, 0.6) is 0 Å². The van der Waals surface area contributed by atoms with E-state index in [1.54, 1.807) is 21.5 Å². The number of hydrogen-bond donors (Lipinski definition) is 3. The first-order chi connectivity index (χ1) is 15.6. The standard InChI is InChI=1S/C21H26F4N6O2/c1-26-8-12-9-29(2)19(32)18-14-11-30(6-5-17(14)28-31(18)10-12)20(33)27-13-3-4-16(22)15(7-13)21(23,24)25/h3-4,7,12,20,26-27,33H,5-6,8-11H2,1-2H3. The highest BCUT2D eigenvalue weighted by Gasteiger charge is 2.36. The van der Waals surface area contributed by atoms with E-state index in [-0.39, 0.29) is 24.1 Å². The Morgan fingerprint density at radius 3 is 2.76 bits per heavy atom. The molecule has 0 saturated carbocycles. The zero-order chi connectivity index (χ0) is 23.9. The van der Waals surface area contributed by atoms with Gasteiger partial charge in [-0.15, -0.1) is 0 Å². The lowest BCUT2D eigenvalue weighted by Crippen LogP contribution is -2.44. The minimum absolute atomic E-state index is 0.0680. The van der Waals surface area contributed by atoms with Crippen LogP contribution in [0.4, 0.5) is 23.2 Å². The van der Waals surface area contributed by atoms with Crippen molar-refractivity contribution < 1.29 is 27.5 Å². The predicted molar refractivity (Wildman–Crippen MR) is 112 cm³/mol. The van der Waals surface area contributed by atoms with Crippen molar-refractivity contribution in [1.82, 2.24) is 24.9 Å². The molecule has 2 aliphatic rings. The first-order valence-electron chi connectivity index (χ1n) is 10.6. The summed E-state index contributed by atoms with van der Waals surface area (Å²) in [5.74, 6) is -1.34. The molecule has 0 aliphatic carbocycles. The topological polar surface area (TPSA) is 85.7 Å². The highest BCUT2D eigenvalue weighted by Crippen LogP contribution is 2.33. The number of aromatic nitrogens is 2. The van der Waals surface area contributed by atoms with Crippen molar-refractivity contribution in [2.24, 2.45) is 5.92 Å². The van der Waals surface area contributed by atoms with Gasteiger partial charge in [-0.2, -0.15) is 18.3 Å². The van der Waals surface area contributed by atoms with Crippen molar-refractivity contribution in [3.8, 4) is 0 Å². The number of aliphatic hydroxyl groups is 1. The number of fused-ring (bicyclic) bond motifs is 3. The van der Waals surface area contributed by atoms with Crippen molar-refractivity contribution in [1.29, 1.82) is 0 Å². The van der Waals surface area contributed by atoms with Crippen LogP contribution in [0, 0.1) is 11.7 Å². The number of nitrogens with one attached hydrogen (secondary N) is 2. The molecule has 1 aromatic carbocycles. The highest BCUT2D eigenvalue weighted by molar-refractivity contribution is 5.94. The van der Waals surface area contributed by atoms with Gasteiger partial charge in [0.1, 0.15) is 11.5 Å². The minimum Gasteiger partial charge on any atom is -0.361 e. The molecule has 2 atom stereocenters. The molecule has 3 heterocycles. The summed E-state index contributed by atoms with van der Waals surface area (Å²) in [7, 11) is 3.59. The third-order valence-corrected chi connectivity index (χ3v) is 6.05. The second-order valence-corrected chi connectivity index (χ2v) is 8.50. The van der Waals surface area contributed by atoms with Gasteiger partial charge in [0.25, 0.3) is 5.91 Å². The Kier molecular flexibility index (Phi) is 6.34. The molecule has 0 fully saturated rings. The average molecular weight is 470 g/mol. The zero-order valence-electron chi connectivity index (χ0n) is 18.3. The van der Waals surface area contributed by atoms with Crippen molar-refractivity contribution in [3.63, 3.8) is 0 Å². The van der Waals surface area contributed by atoms with Crippen LogP contribution in [0.15, 0.2) is 18.2 Å². The molecular weight excluding hydrogens is 444 g/mol. The van der Waals surface area contributed by atoms with Crippen molar-refractivity contribution in [2.45, 2.75) is 32.0 Å². The van der Waals surface area contributed by atoms with Crippen LogP contribution in [-0.2, 0) is 25.7 Å². The molecule has 4 rings (SSSR count). The molecule has 0 bridgehead atoms. The molecule has 12 heteroatoms. The maximum Gasteiger partial charge on any atom is 0.419 e. The largest absolute Gasteiger partial charge is 0.419 e. The van der Waals surface area contributed by atoms with Gasteiger partial charge < -0.3 is 20.6 Å². The van der Waals surface area contributed by atoms with Crippen LogP contribution in [-0.4, -0.2) is 70.7 Å². The van der Waals surface area contributed by atoms with Crippen LogP contribution in [0.3, 0.4) is 0 Å². The number of carbonyl (C=O) groups excluding carboxylic acids is 1. The summed E-state index contributed by atoms with van der Waals surface area (Å²) in [4.78, 5) is 16.3. The van der Waals surface area contributed by atoms with Crippen molar-refractivity contribution in [3.05, 3.63) is 46.5 Å². The van der Waals surface area contributed by atoms with Crippen LogP contribution < -0.4 is 10.6 Å². The second kappa shape index (κ2) is 8.92. The zero-order valence-corrected chi connectivity index (χ0v) is 18.3. The summed E-state index contributed by atoms with van der Waals surface area (Å²) in [6.45, 7) is 2.47. The summed E-state index contributed by atoms with van der Waals surface area (Å²) in [5, 5.41) is 21.0. The predicted octanol–water partition coefficient (Wildman–Crippen LogP) is 1.71. The van der Waals surface area contributed by atoms with Gasteiger partial charge in [-0.1, -0.05) is 0 Å². The number of hydrogen-bond acceptors (Lipinski definition) is 6. The van der Waals surface area contributed by atoms with Gasteiger partial charge in [-0.25, -0.2) is 4.39 Å². The monoisotopic (exact) mass is 470 g/mol. The maximum absolute atomic E-state index is 13.6. The molecule has 0 saturated heterocycles. The van der Waals surface area contributed by atoms with Crippen LogP contribution >= 0.6 is 0 Å². The van der Waals surface area contributed by atoms with E-state index in [9.17, 15) is 27.5 Å². The molecular formula is C21H26F4N6O2. The Morgan fingerprint density at radius 1 is 1.30 bits per heavy atom. The van der Waals surface area contributed by atoms with Gasteiger partial charge >= 0.3 is 6.18 Å². The number of carbonyl (C=O) groups is 1. The summed E-state index contributed by atoms with van der Waals surface area (Å²) in [6.07, 6.45) is -5.71. The highest BCUT2D eigenvalue weighted by atomic mass is 19.4. The number of anilines is 1. The van der Waals surface area contributed by atoms with E-state index in [4.69, 9.17) is 0 Å². The number of benzene rings is 1. The van der Waals surface area contributed by atoms with E-state index in [0.29, 0.717) is 49.4 Å². The molecule has 180 valence electrons. The third kappa shape index (κ3) is 4.68. The molecule has 8 nitrogen and oxygen atoms in total. The molecule has 1 aromatic heterocycles. The Bertz CT molecular complexity index is 1040. The quantitative estimate of drug-likeness (QED) is 0.456. The van der Waals surface area contributed by atoms with E-state index in [2.05, 4.69) is 15.7 Å². The van der Waals surface area contributed by atoms with Gasteiger partial charge in [-0.05, 0) is 25.2 Å². The summed E-state index contributed by atoms with van der Waals surface area (Å²) < 4.78 is 54.3. The van der Waals surface area contributed by atoms with E-state index in [1.165, 1.54) is 0 Å². The molecule has 3 N–H and O–H groups in total. The number of rotatable bonds is 5. The van der Waals surface area contributed by atoms with E-state index >= 15 is 0 Å². The Morgan fingerprint density at radius 2 is 2.06 bits per heavy atom. The lowest BCUT2D eigenvalue weighted by molar-refractivity contribution is -0.139. The van der Waals surface area contributed by atoms with Crippen LogP contribution in [0.1, 0.15) is 27.3 Å². The summed E-state index contributed by atoms with van der Waals surface area (Å²) >= 11 is 0. The Balaban J connectivity index is 1.54. The molecule has 0 spiro atoms. The van der Waals surface area contributed by atoms with Gasteiger partial charge in [-0.3, -0.25) is 14.4 Å². The normalized spacial score (nSPS) is 20.3. The maximum atomic E-state index is 13.6. The van der Waals surface area contributed by atoms with Gasteiger partial charge in [0.15, 0.2) is 6.35 Å². The average Bonchev–Trinajstić information content (AvgIpc) is 3.05. The molecule has 0 radical (unpaired) electrons. The van der Waals surface area contributed by atoms with E-state index < -0.39 is 23.9 Å². The van der Waals surface area contributed by atoms with Crippen molar-refractivity contribution >= 4 is 11.6 Å². The number of alkyl halides is 3. The fraction of sp³-hybridized carbons (Fsp3) is 0.524. The minimum atomic E-state index is -4.85. The van der Waals surface area contributed by atoms with Crippen LogP contribution in [0.2, 0.25) is 0 Å². The number of aliphatic hydroxyl groups excluding tert-OH is 1. The van der Waals surface area contributed by atoms with E-state index in [1.807, 2.05) is 7.05 Å². The number of nitrogens with zero attached hydrogens (tertiary/aromatic N) is 4. The summed E-state index contributed by atoms with van der Waals surface area (Å²) in [5.41, 5.74) is 0.485. The molecule has 2 aromatic rings. The van der Waals surface area contributed by atoms with Gasteiger partial charge in [0.05, 0.1) is 11.3 Å². The fourth-order valence-electron chi connectivity index (χ4n) is 4.47. The third-order valence-electron chi connectivity index (χ3n) is 6.05. The smallest absolute Gasteiger partial charge is 0.361 e. The van der Waals surface area contributed by atoms with Crippen LogP contribution in [0.25, 0.3) is 0 Å². The second-order valence-electron chi connectivity index (χ2n) is 8.50. The SMILES string of the molecule is CNCC1CN(C)C(=O)c2c3c(nn2C1)CCN(C(O)Nc1ccc(F)c(C(F)(F)F)c1)C3. The lowest BCUT2D eigenvalue weighted by atomic mass is 10.0. The number of halogens is 4. The first kappa shape index (κ1) is 23.5. The molecule has 2 aliphatic heterocycles. The Labute approximate surface area is 188 Å². The first-order valence-corrected chi connectivity index (χ1v) is 10.6. The lowest BCUT2D eigenvalue weighted by Gasteiger charge is -2.32. The summed E-state index contributed by atoms with van der Waals surface area (Å²) in [6, 6.07) is 2.47.